The van der Waals surface area contributed by atoms with Gasteiger partial charge in [-0.2, -0.15) is 0 Å². The highest BCUT2D eigenvalue weighted by Crippen LogP contribution is 2.36. The van der Waals surface area contributed by atoms with Gasteiger partial charge in [0.15, 0.2) is 0 Å². The summed E-state index contributed by atoms with van der Waals surface area (Å²) < 4.78 is 59.8. The molecule has 32 heavy (non-hydrogen) atoms. The number of sulfonamides is 1. The van der Waals surface area contributed by atoms with Crippen molar-refractivity contribution in [3.8, 4) is 5.75 Å². The number of halogens is 2. The van der Waals surface area contributed by atoms with Gasteiger partial charge in [0.25, 0.3) is 0 Å². The first-order valence-electron chi connectivity index (χ1n) is 10.4. The minimum Gasteiger partial charge on any atom is -0.492 e. The molecule has 1 aliphatic carbocycles. The van der Waals surface area contributed by atoms with E-state index in [0.717, 1.165) is 30.0 Å². The summed E-state index contributed by atoms with van der Waals surface area (Å²) >= 11 is 0. The standard InChI is InChI=1S/C23H25F2N3O3S/c24-17-9-15(10-18(25)12-17)11-22-21-13-19(3-1-16(21)2-4-23(22)26)31-8-7-28-32(29,30)20-5-6-27-14-20/h1,3,5-6,9-10,12-14,22-23,27-28H,2,4,7-8,11,26H2. The van der Waals surface area contributed by atoms with E-state index in [4.69, 9.17) is 10.5 Å². The molecular formula is C23H25F2N3O3S. The highest BCUT2D eigenvalue weighted by molar-refractivity contribution is 7.89. The lowest BCUT2D eigenvalue weighted by Crippen LogP contribution is -2.34. The smallest absolute Gasteiger partial charge is 0.242 e. The number of aryl methyl sites for hydroxylation is 1. The quantitative estimate of drug-likeness (QED) is 0.449. The van der Waals surface area contributed by atoms with Crippen molar-refractivity contribution in [3.05, 3.63) is 83.2 Å². The van der Waals surface area contributed by atoms with Crippen molar-refractivity contribution in [1.29, 1.82) is 0 Å². The lowest BCUT2D eigenvalue weighted by atomic mass is 9.76. The van der Waals surface area contributed by atoms with Crippen LogP contribution in [0.1, 0.15) is 29.0 Å². The molecule has 0 saturated heterocycles. The molecule has 1 aromatic heterocycles. The van der Waals surface area contributed by atoms with Crippen LogP contribution in [-0.4, -0.2) is 32.6 Å². The predicted molar refractivity (Wildman–Crippen MR) is 117 cm³/mol. The van der Waals surface area contributed by atoms with Crippen LogP contribution in [0.25, 0.3) is 0 Å². The lowest BCUT2D eigenvalue weighted by molar-refractivity contribution is 0.321. The van der Waals surface area contributed by atoms with E-state index in [-0.39, 0.29) is 30.0 Å². The number of rotatable bonds is 8. The number of hydrogen-bond acceptors (Lipinski definition) is 4. The number of benzene rings is 2. The maximum Gasteiger partial charge on any atom is 0.242 e. The maximum absolute atomic E-state index is 13.6. The second-order valence-electron chi connectivity index (χ2n) is 7.94. The molecule has 9 heteroatoms. The Morgan fingerprint density at radius 3 is 2.62 bits per heavy atom. The first-order chi connectivity index (χ1) is 15.3. The monoisotopic (exact) mass is 461 g/mol. The summed E-state index contributed by atoms with van der Waals surface area (Å²) in [5.74, 6) is -0.725. The Bertz CT molecular complexity index is 1160. The summed E-state index contributed by atoms with van der Waals surface area (Å²) in [5.41, 5.74) is 9.07. The number of aromatic amines is 1. The summed E-state index contributed by atoms with van der Waals surface area (Å²) in [6, 6.07) is 10.6. The van der Waals surface area contributed by atoms with Crippen molar-refractivity contribution in [1.82, 2.24) is 9.71 Å². The molecule has 0 radical (unpaired) electrons. The molecular weight excluding hydrogens is 436 g/mol. The van der Waals surface area contributed by atoms with Crippen LogP contribution < -0.4 is 15.2 Å². The summed E-state index contributed by atoms with van der Waals surface area (Å²) in [4.78, 5) is 2.87. The third kappa shape index (κ3) is 5.17. The van der Waals surface area contributed by atoms with Crippen LogP contribution in [0.5, 0.6) is 5.75 Å². The number of aromatic nitrogens is 1. The molecule has 0 bridgehead atoms. The van der Waals surface area contributed by atoms with E-state index in [2.05, 4.69) is 9.71 Å². The molecule has 170 valence electrons. The Hall–Kier alpha value is -2.75. The fourth-order valence-corrected chi connectivity index (χ4v) is 5.13. The minimum atomic E-state index is -3.58. The highest BCUT2D eigenvalue weighted by atomic mass is 32.2. The van der Waals surface area contributed by atoms with Crippen molar-refractivity contribution in [2.24, 2.45) is 5.73 Å². The zero-order chi connectivity index (χ0) is 22.7. The normalized spacial score (nSPS) is 18.3. The minimum absolute atomic E-state index is 0.101. The number of fused-ring (bicyclic) bond motifs is 1. The van der Waals surface area contributed by atoms with Gasteiger partial charge in [0.2, 0.25) is 10.0 Å². The third-order valence-electron chi connectivity index (χ3n) is 5.70. The first kappa shape index (κ1) is 22.4. The van der Waals surface area contributed by atoms with E-state index >= 15 is 0 Å². The van der Waals surface area contributed by atoms with Gasteiger partial charge in [0, 0.05) is 37.0 Å². The number of nitrogens with one attached hydrogen (secondary N) is 2. The van der Waals surface area contributed by atoms with Gasteiger partial charge < -0.3 is 15.5 Å². The van der Waals surface area contributed by atoms with E-state index in [1.54, 1.807) is 0 Å². The number of nitrogens with two attached hydrogens (primary N) is 1. The van der Waals surface area contributed by atoms with Crippen molar-refractivity contribution < 1.29 is 21.9 Å². The molecule has 0 saturated carbocycles. The Morgan fingerprint density at radius 2 is 1.91 bits per heavy atom. The van der Waals surface area contributed by atoms with E-state index in [1.165, 1.54) is 30.6 Å². The lowest BCUT2D eigenvalue weighted by Gasteiger charge is -2.32. The van der Waals surface area contributed by atoms with Crippen LogP contribution in [0.3, 0.4) is 0 Å². The Labute approximate surface area is 185 Å². The van der Waals surface area contributed by atoms with Crippen LogP contribution in [-0.2, 0) is 22.9 Å². The van der Waals surface area contributed by atoms with Crippen LogP contribution in [0.2, 0.25) is 0 Å². The van der Waals surface area contributed by atoms with E-state index in [9.17, 15) is 17.2 Å². The Balaban J connectivity index is 1.44. The van der Waals surface area contributed by atoms with Crippen LogP contribution in [0.4, 0.5) is 8.78 Å². The van der Waals surface area contributed by atoms with Gasteiger partial charge in [-0.05, 0) is 66.3 Å². The molecule has 0 fully saturated rings. The largest absolute Gasteiger partial charge is 0.492 e. The number of ether oxygens (including phenoxy) is 1. The van der Waals surface area contributed by atoms with Gasteiger partial charge in [-0.25, -0.2) is 21.9 Å². The van der Waals surface area contributed by atoms with Crippen molar-refractivity contribution in [2.75, 3.05) is 13.2 Å². The zero-order valence-electron chi connectivity index (χ0n) is 17.4. The average Bonchev–Trinajstić information content (AvgIpc) is 3.29. The van der Waals surface area contributed by atoms with Crippen molar-refractivity contribution >= 4 is 10.0 Å². The highest BCUT2D eigenvalue weighted by Gasteiger charge is 2.28. The first-order valence-corrected chi connectivity index (χ1v) is 11.9. The summed E-state index contributed by atoms with van der Waals surface area (Å²) in [6.45, 7) is 0.254. The second-order valence-corrected chi connectivity index (χ2v) is 9.71. The average molecular weight is 462 g/mol. The molecule has 2 unspecified atom stereocenters. The molecule has 2 atom stereocenters. The topological polar surface area (TPSA) is 97.2 Å². The molecule has 3 aromatic rings. The molecule has 1 heterocycles. The molecule has 2 aromatic carbocycles. The fourth-order valence-electron chi connectivity index (χ4n) is 4.14. The van der Waals surface area contributed by atoms with Gasteiger partial charge in [0.05, 0.1) is 4.90 Å². The van der Waals surface area contributed by atoms with Crippen molar-refractivity contribution in [3.63, 3.8) is 0 Å². The molecule has 1 aliphatic rings. The SMILES string of the molecule is NC1CCc2ccc(OCCNS(=O)(=O)c3cc[nH]c3)cc2C1Cc1cc(F)cc(F)c1. The summed E-state index contributed by atoms with van der Waals surface area (Å²) in [7, 11) is -3.58. The van der Waals surface area contributed by atoms with E-state index < -0.39 is 21.7 Å². The van der Waals surface area contributed by atoms with Gasteiger partial charge >= 0.3 is 0 Å². The van der Waals surface area contributed by atoms with Crippen LogP contribution in [0.15, 0.2) is 59.8 Å². The van der Waals surface area contributed by atoms with Gasteiger partial charge in [-0.15, -0.1) is 0 Å². The van der Waals surface area contributed by atoms with Gasteiger partial charge in [-0.3, -0.25) is 0 Å². The van der Waals surface area contributed by atoms with E-state index in [1.807, 2.05) is 18.2 Å². The third-order valence-corrected chi connectivity index (χ3v) is 7.16. The van der Waals surface area contributed by atoms with Crippen molar-refractivity contribution in [2.45, 2.75) is 36.1 Å². The number of H-pyrrole nitrogens is 1. The molecule has 4 N–H and O–H groups in total. The van der Waals surface area contributed by atoms with Gasteiger partial charge in [0.1, 0.15) is 24.0 Å². The zero-order valence-corrected chi connectivity index (χ0v) is 18.2. The summed E-state index contributed by atoms with van der Waals surface area (Å²) in [5, 5.41) is 0. The van der Waals surface area contributed by atoms with Crippen LogP contribution in [0, 0.1) is 11.6 Å². The molecule has 4 rings (SSSR count). The Morgan fingerprint density at radius 1 is 1.12 bits per heavy atom. The molecule has 0 amide bonds. The fraction of sp³-hybridized carbons (Fsp3) is 0.304. The molecule has 6 nitrogen and oxygen atoms in total. The second kappa shape index (κ2) is 9.40. The number of hydrogen-bond donors (Lipinski definition) is 3. The van der Waals surface area contributed by atoms with E-state index in [0.29, 0.717) is 17.7 Å². The Kier molecular flexibility index (Phi) is 6.59. The maximum atomic E-state index is 13.6. The van der Waals surface area contributed by atoms with Crippen LogP contribution >= 0.6 is 0 Å². The molecule has 0 spiro atoms. The van der Waals surface area contributed by atoms with Gasteiger partial charge in [-0.1, -0.05) is 6.07 Å². The molecule has 0 aliphatic heterocycles. The predicted octanol–water partition coefficient (Wildman–Crippen LogP) is 3.25. The summed E-state index contributed by atoms with van der Waals surface area (Å²) in [6.07, 6.45) is 4.97.